The maximum atomic E-state index is 15.1. The fourth-order valence-electron chi connectivity index (χ4n) is 5.38. The number of hydrogen-bond acceptors (Lipinski definition) is 6. The van der Waals surface area contributed by atoms with E-state index in [1.165, 1.54) is 23.4 Å². The molecule has 1 atom stereocenters. The first-order valence-corrected chi connectivity index (χ1v) is 14.6. The van der Waals surface area contributed by atoms with Crippen molar-refractivity contribution >= 4 is 41.3 Å². The molecule has 226 valence electrons. The Morgan fingerprint density at radius 2 is 1.81 bits per heavy atom. The maximum absolute atomic E-state index is 15.1. The number of amidine groups is 1. The summed E-state index contributed by atoms with van der Waals surface area (Å²) in [6.45, 7) is 14.9. The Labute approximate surface area is 257 Å². The molecule has 11 heteroatoms. The summed E-state index contributed by atoms with van der Waals surface area (Å²) >= 11 is 6.83. The van der Waals surface area contributed by atoms with E-state index in [0.717, 1.165) is 0 Å². The normalized spacial score (nSPS) is 15.7. The lowest BCUT2D eigenvalue weighted by Gasteiger charge is -2.41. The Bertz CT molecular complexity index is 1530. The molecule has 0 saturated carbocycles. The summed E-state index contributed by atoms with van der Waals surface area (Å²) in [5, 5.41) is 0.196. The standard InChI is InChI=1S/C32H37ClFN7O2/c1-8-26(43)39-13-14-40(21(6)16-39)31(35-7)23-15-24(33)29(22-11-9-10-12-25(22)34)38-32(23)41(18-42)30-27(19(2)3)36-17-37-28(30)20(4)5/h8-12,15,17-21H,1,13-14,16H2,2-7H3/b35-31+. The van der Waals surface area contributed by atoms with Crippen LogP contribution in [0.15, 0.2) is 54.3 Å². The van der Waals surface area contributed by atoms with E-state index in [-0.39, 0.29) is 45.9 Å². The molecule has 1 fully saturated rings. The average molecular weight is 606 g/mol. The van der Waals surface area contributed by atoms with Crippen LogP contribution in [0.3, 0.4) is 0 Å². The van der Waals surface area contributed by atoms with Crippen LogP contribution in [0.1, 0.15) is 63.4 Å². The lowest BCUT2D eigenvalue weighted by molar-refractivity contribution is -0.128. The second-order valence-electron chi connectivity index (χ2n) is 11.0. The van der Waals surface area contributed by atoms with E-state index in [1.807, 2.05) is 34.6 Å². The van der Waals surface area contributed by atoms with E-state index in [0.29, 0.717) is 54.5 Å². The molecule has 0 radical (unpaired) electrons. The van der Waals surface area contributed by atoms with Gasteiger partial charge >= 0.3 is 0 Å². The van der Waals surface area contributed by atoms with Gasteiger partial charge in [-0.05, 0) is 43.0 Å². The monoisotopic (exact) mass is 605 g/mol. The summed E-state index contributed by atoms with van der Waals surface area (Å²) < 4.78 is 15.1. The number of carbonyl (C=O) groups is 2. The third kappa shape index (κ3) is 6.29. The van der Waals surface area contributed by atoms with Gasteiger partial charge in [-0.15, -0.1) is 0 Å². The second kappa shape index (κ2) is 13.4. The van der Waals surface area contributed by atoms with Gasteiger partial charge in [0.2, 0.25) is 12.3 Å². The molecule has 43 heavy (non-hydrogen) atoms. The van der Waals surface area contributed by atoms with Gasteiger partial charge in [-0.25, -0.2) is 19.3 Å². The van der Waals surface area contributed by atoms with Crippen molar-refractivity contribution in [1.82, 2.24) is 24.8 Å². The van der Waals surface area contributed by atoms with Gasteiger partial charge in [-0.1, -0.05) is 58.0 Å². The minimum absolute atomic E-state index is 0.0467. The summed E-state index contributed by atoms with van der Waals surface area (Å²) in [5.74, 6) is 0.0177. The summed E-state index contributed by atoms with van der Waals surface area (Å²) in [6.07, 6.45) is 3.49. The first-order valence-electron chi connectivity index (χ1n) is 14.2. The van der Waals surface area contributed by atoms with Crippen LogP contribution in [0.25, 0.3) is 11.3 Å². The molecule has 4 rings (SSSR count). The Morgan fingerprint density at radius 1 is 1.16 bits per heavy atom. The molecule has 0 N–H and O–H groups in total. The predicted octanol–water partition coefficient (Wildman–Crippen LogP) is 5.97. The molecule has 2 aromatic heterocycles. The quantitative estimate of drug-likeness (QED) is 0.136. The van der Waals surface area contributed by atoms with Crippen LogP contribution in [-0.2, 0) is 9.59 Å². The number of aromatic nitrogens is 3. The van der Waals surface area contributed by atoms with Crippen molar-refractivity contribution in [3.63, 3.8) is 0 Å². The van der Waals surface area contributed by atoms with Crippen LogP contribution in [0.4, 0.5) is 15.9 Å². The topological polar surface area (TPSA) is 94.9 Å². The van der Waals surface area contributed by atoms with E-state index in [1.54, 1.807) is 36.2 Å². The number of anilines is 2. The summed E-state index contributed by atoms with van der Waals surface area (Å²) in [7, 11) is 1.65. The molecule has 0 spiro atoms. The lowest BCUT2D eigenvalue weighted by atomic mass is 10.00. The van der Waals surface area contributed by atoms with Crippen molar-refractivity contribution in [1.29, 1.82) is 0 Å². The molecule has 1 aliphatic rings. The fourth-order valence-corrected chi connectivity index (χ4v) is 5.63. The van der Waals surface area contributed by atoms with Crippen LogP contribution in [0.2, 0.25) is 5.02 Å². The molecule has 3 aromatic rings. The highest BCUT2D eigenvalue weighted by Gasteiger charge is 2.33. The van der Waals surface area contributed by atoms with E-state index >= 15 is 4.39 Å². The maximum Gasteiger partial charge on any atom is 0.246 e. The third-order valence-corrected chi connectivity index (χ3v) is 7.76. The smallest absolute Gasteiger partial charge is 0.246 e. The number of piperazine rings is 1. The first kappa shape index (κ1) is 31.7. The van der Waals surface area contributed by atoms with Crippen molar-refractivity contribution in [3.05, 3.63) is 77.1 Å². The van der Waals surface area contributed by atoms with Crippen molar-refractivity contribution in [2.45, 2.75) is 52.5 Å². The number of rotatable bonds is 8. The number of amides is 2. The number of nitrogens with zero attached hydrogens (tertiary/aromatic N) is 7. The fraction of sp³-hybridized carbons (Fsp3) is 0.375. The number of hydrogen-bond donors (Lipinski definition) is 0. The van der Waals surface area contributed by atoms with Crippen molar-refractivity contribution in [3.8, 4) is 11.3 Å². The van der Waals surface area contributed by atoms with Gasteiger partial charge < -0.3 is 9.80 Å². The highest BCUT2D eigenvalue weighted by molar-refractivity contribution is 6.33. The summed E-state index contributed by atoms with van der Waals surface area (Å²) in [6, 6.07) is 7.76. The predicted molar refractivity (Wildman–Crippen MR) is 168 cm³/mol. The lowest BCUT2D eigenvalue weighted by Crippen LogP contribution is -2.55. The number of aliphatic imine (C=N–C) groups is 1. The molecular weight excluding hydrogens is 569 g/mol. The van der Waals surface area contributed by atoms with Crippen LogP contribution in [-0.4, -0.2) is 75.6 Å². The number of halogens is 2. The van der Waals surface area contributed by atoms with Gasteiger partial charge in [0.05, 0.1) is 33.4 Å². The summed E-state index contributed by atoms with van der Waals surface area (Å²) in [4.78, 5) is 49.3. The molecule has 0 aliphatic carbocycles. The number of pyridine rings is 1. The van der Waals surface area contributed by atoms with E-state index in [4.69, 9.17) is 16.6 Å². The zero-order chi connectivity index (χ0) is 31.4. The molecular formula is C32H37ClFN7O2. The first-order chi connectivity index (χ1) is 20.5. The van der Waals surface area contributed by atoms with Crippen molar-refractivity contribution < 1.29 is 14.0 Å². The van der Waals surface area contributed by atoms with Gasteiger partial charge in [0.25, 0.3) is 0 Å². The molecule has 1 saturated heterocycles. The molecule has 1 unspecified atom stereocenters. The Morgan fingerprint density at radius 3 is 2.35 bits per heavy atom. The minimum atomic E-state index is -0.497. The molecule has 9 nitrogen and oxygen atoms in total. The SMILES string of the molecule is C=CC(=O)N1CCN(/C(=N/C)c2cc(Cl)c(-c3ccccc3F)nc2N(C=O)c2c(C(C)C)ncnc2C(C)C)C(C)C1. The Balaban J connectivity index is 1.99. The highest BCUT2D eigenvalue weighted by atomic mass is 35.5. The van der Waals surface area contributed by atoms with E-state index in [2.05, 4.69) is 26.4 Å². The van der Waals surface area contributed by atoms with Crippen LogP contribution in [0.5, 0.6) is 0 Å². The average Bonchev–Trinajstić information content (AvgIpc) is 2.99. The molecule has 2 amide bonds. The number of carbonyl (C=O) groups excluding carboxylic acids is 2. The molecule has 3 heterocycles. The molecule has 1 aliphatic heterocycles. The van der Waals surface area contributed by atoms with Gasteiger partial charge in [0.1, 0.15) is 18.0 Å². The van der Waals surface area contributed by atoms with E-state index in [9.17, 15) is 9.59 Å². The zero-order valence-electron chi connectivity index (χ0n) is 25.4. The van der Waals surface area contributed by atoms with Gasteiger partial charge in [0, 0.05) is 38.3 Å². The largest absolute Gasteiger partial charge is 0.350 e. The van der Waals surface area contributed by atoms with Crippen LogP contribution >= 0.6 is 11.6 Å². The van der Waals surface area contributed by atoms with Crippen LogP contribution in [0, 0.1) is 5.82 Å². The second-order valence-corrected chi connectivity index (χ2v) is 11.4. The van der Waals surface area contributed by atoms with Crippen molar-refractivity contribution in [2.24, 2.45) is 4.99 Å². The van der Waals surface area contributed by atoms with E-state index < -0.39 is 5.82 Å². The molecule has 1 aromatic carbocycles. The van der Waals surface area contributed by atoms with Crippen LogP contribution < -0.4 is 4.90 Å². The third-order valence-electron chi connectivity index (χ3n) is 7.47. The van der Waals surface area contributed by atoms with Gasteiger partial charge in [-0.3, -0.25) is 19.5 Å². The van der Waals surface area contributed by atoms with Crippen molar-refractivity contribution in [2.75, 3.05) is 31.6 Å². The van der Waals surface area contributed by atoms with Gasteiger partial charge in [-0.2, -0.15) is 0 Å². The highest BCUT2D eigenvalue weighted by Crippen LogP contribution is 2.40. The molecule has 0 bridgehead atoms. The summed E-state index contributed by atoms with van der Waals surface area (Å²) in [5.41, 5.74) is 2.71. The number of benzene rings is 1. The van der Waals surface area contributed by atoms with Gasteiger partial charge in [0.15, 0.2) is 5.82 Å². The Kier molecular flexibility index (Phi) is 9.91. The zero-order valence-corrected chi connectivity index (χ0v) is 26.1. The Hall–Kier alpha value is -4.18. The minimum Gasteiger partial charge on any atom is -0.350 e.